The molecule has 112 valence electrons. The Morgan fingerprint density at radius 2 is 1.42 bits per heavy atom. The second-order valence-corrected chi connectivity index (χ2v) is 6.97. The molecule has 0 amide bonds. The van der Waals surface area contributed by atoms with Gasteiger partial charge in [-0.2, -0.15) is 0 Å². The van der Waals surface area contributed by atoms with Crippen LogP contribution in [0.5, 0.6) is 0 Å². The molecule has 6 aromatic rings. The predicted octanol–water partition coefficient (Wildman–Crippen LogP) is 5.35. The van der Waals surface area contributed by atoms with Crippen LogP contribution in [0.15, 0.2) is 60.7 Å². The van der Waals surface area contributed by atoms with E-state index in [1.807, 2.05) is 0 Å². The van der Waals surface area contributed by atoms with Crippen LogP contribution in [0.4, 0.5) is 0 Å². The average molecular weight is 306 g/mol. The molecule has 24 heavy (non-hydrogen) atoms. The van der Waals surface area contributed by atoms with Crippen molar-refractivity contribution in [3.05, 3.63) is 66.2 Å². The van der Waals surface area contributed by atoms with Crippen molar-refractivity contribution in [1.82, 2.24) is 8.97 Å². The number of benzene rings is 3. The molecule has 0 fully saturated rings. The zero-order valence-electron chi connectivity index (χ0n) is 13.1. The number of nitrogens with zero attached hydrogens (tertiary/aromatic N) is 2. The monoisotopic (exact) mass is 306 g/mol. The van der Waals surface area contributed by atoms with Crippen LogP contribution in [0, 0.1) is 0 Å². The second kappa shape index (κ2) is 3.57. The van der Waals surface area contributed by atoms with Crippen molar-refractivity contribution >= 4 is 49.1 Å². The van der Waals surface area contributed by atoms with Gasteiger partial charge in [-0.25, -0.2) is 0 Å². The van der Waals surface area contributed by atoms with E-state index in [1.165, 1.54) is 54.7 Å². The van der Waals surface area contributed by atoms with Crippen molar-refractivity contribution < 1.29 is 0 Å². The molecule has 0 N–H and O–H groups in total. The molecule has 0 saturated heterocycles. The molecule has 0 saturated carbocycles. The molecule has 2 heteroatoms. The Labute approximate surface area is 137 Å². The Balaban J connectivity index is 1.97. The molecule has 0 aliphatic carbocycles. The van der Waals surface area contributed by atoms with Gasteiger partial charge in [-0.15, -0.1) is 0 Å². The highest BCUT2D eigenvalue weighted by molar-refractivity contribution is 6.29. The maximum atomic E-state index is 2.55. The van der Waals surface area contributed by atoms with Crippen LogP contribution < -0.4 is 0 Å². The smallest absolute Gasteiger partial charge is 0.127 e. The third kappa shape index (κ3) is 1.04. The van der Waals surface area contributed by atoms with Gasteiger partial charge in [-0.05, 0) is 18.1 Å². The lowest BCUT2D eigenvalue weighted by atomic mass is 10.1. The van der Waals surface area contributed by atoms with E-state index < -0.39 is 0 Å². The predicted molar refractivity (Wildman–Crippen MR) is 100 cm³/mol. The first-order chi connectivity index (χ1) is 11.9. The van der Waals surface area contributed by atoms with Crippen molar-refractivity contribution in [1.29, 1.82) is 0 Å². The number of fused-ring (bicyclic) bond motifs is 8. The van der Waals surface area contributed by atoms with Crippen LogP contribution in [0.1, 0.15) is 5.56 Å². The highest BCUT2D eigenvalue weighted by Crippen LogP contribution is 2.44. The van der Waals surface area contributed by atoms with Gasteiger partial charge in [0.2, 0.25) is 0 Å². The van der Waals surface area contributed by atoms with E-state index in [0.29, 0.717) is 0 Å². The summed E-state index contributed by atoms with van der Waals surface area (Å²) >= 11 is 0. The number of aryl methyl sites for hydroxylation is 2. The summed E-state index contributed by atoms with van der Waals surface area (Å²) < 4.78 is 5.05. The Bertz CT molecular complexity index is 1450. The summed E-state index contributed by atoms with van der Waals surface area (Å²) in [6.07, 6.45) is 1.15. The number of aromatic nitrogens is 2. The van der Waals surface area contributed by atoms with Crippen LogP contribution in [0.3, 0.4) is 0 Å². The molecule has 1 aliphatic heterocycles. The maximum Gasteiger partial charge on any atom is 0.127 e. The maximum absolute atomic E-state index is 2.55. The zero-order chi connectivity index (χ0) is 15.4. The molecule has 1 aliphatic rings. The number of hydrogen-bond acceptors (Lipinski definition) is 0. The van der Waals surface area contributed by atoms with E-state index in [-0.39, 0.29) is 0 Å². The van der Waals surface area contributed by atoms with Crippen LogP contribution in [-0.4, -0.2) is 8.97 Å². The number of rotatable bonds is 0. The van der Waals surface area contributed by atoms with Crippen molar-refractivity contribution in [2.24, 2.45) is 0 Å². The molecule has 4 heterocycles. The third-order valence-corrected chi connectivity index (χ3v) is 5.92. The second-order valence-electron chi connectivity index (χ2n) is 6.97. The lowest BCUT2D eigenvalue weighted by Gasteiger charge is -2.00. The average Bonchev–Trinajstić information content (AvgIpc) is 3.35. The number of hydrogen-bond donors (Lipinski definition) is 0. The molecule has 0 bridgehead atoms. The first-order valence-corrected chi connectivity index (χ1v) is 8.60. The Morgan fingerprint density at radius 1 is 0.667 bits per heavy atom. The standard InChI is InChI=1S/C22H14N2/c1-2-10-18-14(6-1)15-7-4-9-17-19-16-8-3-5-13-11-12-23(20(13)16)22(19)24(18)21(15)17/h1-10H,11-12H2. The molecule has 2 nitrogen and oxygen atoms in total. The highest BCUT2D eigenvalue weighted by Gasteiger charge is 2.26. The van der Waals surface area contributed by atoms with Crippen molar-refractivity contribution in [3.63, 3.8) is 0 Å². The van der Waals surface area contributed by atoms with E-state index in [4.69, 9.17) is 0 Å². The molecular formula is C22H14N2. The van der Waals surface area contributed by atoms with Crippen LogP contribution >= 0.6 is 0 Å². The third-order valence-electron chi connectivity index (χ3n) is 5.92. The quantitative estimate of drug-likeness (QED) is 0.358. The van der Waals surface area contributed by atoms with Crippen molar-refractivity contribution in [2.75, 3.05) is 0 Å². The van der Waals surface area contributed by atoms with Gasteiger partial charge in [0.05, 0.1) is 16.6 Å². The lowest BCUT2D eigenvalue weighted by Crippen LogP contribution is -1.94. The van der Waals surface area contributed by atoms with Gasteiger partial charge in [0, 0.05) is 33.5 Å². The SMILES string of the molecule is c1cc2c3c(c1)c1c4cccc5c6ccccc6n(c54)c1n3CC2. The fourth-order valence-corrected chi connectivity index (χ4v) is 5.06. The summed E-state index contributed by atoms with van der Waals surface area (Å²) in [6, 6.07) is 22.4. The summed E-state index contributed by atoms with van der Waals surface area (Å²) in [7, 11) is 0. The topological polar surface area (TPSA) is 9.34 Å². The highest BCUT2D eigenvalue weighted by atomic mass is 15.1. The summed E-state index contributed by atoms with van der Waals surface area (Å²) in [5.41, 5.74) is 7.02. The van der Waals surface area contributed by atoms with Gasteiger partial charge in [0.1, 0.15) is 5.65 Å². The van der Waals surface area contributed by atoms with Crippen LogP contribution in [0.25, 0.3) is 49.1 Å². The molecule has 3 aromatic carbocycles. The molecular weight excluding hydrogens is 292 g/mol. The fourth-order valence-electron chi connectivity index (χ4n) is 5.06. The number of para-hydroxylation sites is 3. The summed E-state index contributed by atoms with van der Waals surface area (Å²) in [5.74, 6) is 0. The molecule has 0 atom stereocenters. The minimum atomic E-state index is 1.09. The normalized spacial score (nSPS) is 14.3. The zero-order valence-corrected chi connectivity index (χ0v) is 13.1. The minimum absolute atomic E-state index is 1.09. The van der Waals surface area contributed by atoms with E-state index in [9.17, 15) is 0 Å². The molecule has 7 rings (SSSR count). The van der Waals surface area contributed by atoms with Gasteiger partial charge in [0.15, 0.2) is 0 Å². The fraction of sp³-hybridized carbons (Fsp3) is 0.0909. The summed E-state index contributed by atoms with van der Waals surface area (Å²) in [4.78, 5) is 0. The van der Waals surface area contributed by atoms with Crippen molar-refractivity contribution in [2.45, 2.75) is 13.0 Å². The van der Waals surface area contributed by atoms with E-state index in [2.05, 4.69) is 69.6 Å². The van der Waals surface area contributed by atoms with E-state index >= 15 is 0 Å². The summed E-state index contributed by atoms with van der Waals surface area (Å²) in [5, 5.41) is 6.96. The van der Waals surface area contributed by atoms with Gasteiger partial charge < -0.3 is 4.57 Å². The Hall–Kier alpha value is -3.00. The lowest BCUT2D eigenvalue weighted by molar-refractivity contribution is 0.786. The molecule has 0 radical (unpaired) electrons. The first-order valence-electron chi connectivity index (χ1n) is 8.60. The molecule has 3 aromatic heterocycles. The van der Waals surface area contributed by atoms with Crippen LogP contribution in [0.2, 0.25) is 0 Å². The van der Waals surface area contributed by atoms with E-state index in [0.717, 1.165) is 13.0 Å². The molecule has 0 spiro atoms. The van der Waals surface area contributed by atoms with Gasteiger partial charge in [-0.3, -0.25) is 4.40 Å². The first kappa shape index (κ1) is 11.5. The van der Waals surface area contributed by atoms with Gasteiger partial charge >= 0.3 is 0 Å². The van der Waals surface area contributed by atoms with E-state index in [1.54, 1.807) is 0 Å². The Kier molecular flexibility index (Phi) is 1.71. The largest absolute Gasteiger partial charge is 0.326 e. The summed E-state index contributed by atoms with van der Waals surface area (Å²) in [6.45, 7) is 1.09. The van der Waals surface area contributed by atoms with Gasteiger partial charge in [-0.1, -0.05) is 54.6 Å². The van der Waals surface area contributed by atoms with Crippen LogP contribution in [-0.2, 0) is 13.0 Å². The Morgan fingerprint density at radius 3 is 2.38 bits per heavy atom. The minimum Gasteiger partial charge on any atom is -0.326 e. The van der Waals surface area contributed by atoms with Crippen molar-refractivity contribution in [3.8, 4) is 0 Å². The van der Waals surface area contributed by atoms with Gasteiger partial charge in [0.25, 0.3) is 0 Å². The molecule has 0 unspecified atom stereocenters.